The maximum Gasteiger partial charge on any atom is 0.257 e. The lowest BCUT2D eigenvalue weighted by molar-refractivity contribution is -0.119. The SMILES string of the molecule is CN(C(=O)C1CC1)c1ccccc1C(=O)Nc1cc2c(cc1Br)OCCO2. The molecule has 2 aromatic rings. The molecule has 0 saturated heterocycles. The van der Waals surface area contributed by atoms with Crippen molar-refractivity contribution >= 4 is 39.1 Å². The molecule has 7 heteroatoms. The second-order valence-corrected chi connectivity index (χ2v) is 7.47. The van der Waals surface area contributed by atoms with Gasteiger partial charge < -0.3 is 19.7 Å². The highest BCUT2D eigenvalue weighted by atomic mass is 79.9. The zero-order valence-electron chi connectivity index (χ0n) is 14.8. The van der Waals surface area contributed by atoms with Crippen LogP contribution in [-0.4, -0.2) is 32.1 Å². The van der Waals surface area contributed by atoms with Crippen LogP contribution in [0.15, 0.2) is 40.9 Å². The van der Waals surface area contributed by atoms with Gasteiger partial charge in [0.15, 0.2) is 11.5 Å². The van der Waals surface area contributed by atoms with E-state index in [1.165, 1.54) is 0 Å². The lowest BCUT2D eigenvalue weighted by atomic mass is 10.1. The number of para-hydroxylation sites is 1. The number of rotatable bonds is 4. The Kier molecular flexibility index (Phi) is 4.78. The Balaban J connectivity index is 1.60. The third kappa shape index (κ3) is 3.64. The quantitative estimate of drug-likeness (QED) is 0.799. The van der Waals surface area contributed by atoms with E-state index in [1.54, 1.807) is 42.3 Å². The molecule has 2 amide bonds. The van der Waals surface area contributed by atoms with Gasteiger partial charge in [0.2, 0.25) is 5.91 Å². The molecule has 0 radical (unpaired) electrons. The van der Waals surface area contributed by atoms with Crippen LogP contribution < -0.4 is 19.7 Å². The Hall–Kier alpha value is -2.54. The van der Waals surface area contributed by atoms with E-state index < -0.39 is 0 Å². The number of benzene rings is 2. The fourth-order valence-electron chi connectivity index (χ4n) is 3.03. The lowest BCUT2D eigenvalue weighted by Gasteiger charge is -2.22. The Labute approximate surface area is 165 Å². The summed E-state index contributed by atoms with van der Waals surface area (Å²) in [6.45, 7) is 0.971. The van der Waals surface area contributed by atoms with Crippen LogP contribution in [-0.2, 0) is 4.79 Å². The number of hydrogen-bond donors (Lipinski definition) is 1. The van der Waals surface area contributed by atoms with Crippen LogP contribution in [0.1, 0.15) is 23.2 Å². The number of ether oxygens (including phenoxy) is 2. The summed E-state index contributed by atoms with van der Waals surface area (Å²) < 4.78 is 11.8. The zero-order chi connectivity index (χ0) is 19.0. The van der Waals surface area contributed by atoms with Crippen molar-refractivity contribution in [3.63, 3.8) is 0 Å². The van der Waals surface area contributed by atoms with Gasteiger partial charge in [-0.1, -0.05) is 12.1 Å². The van der Waals surface area contributed by atoms with Crippen LogP contribution in [0.25, 0.3) is 0 Å². The van der Waals surface area contributed by atoms with Gasteiger partial charge in [-0.25, -0.2) is 0 Å². The number of amides is 2. The maximum atomic E-state index is 12.9. The summed E-state index contributed by atoms with van der Waals surface area (Å²) in [7, 11) is 1.72. The molecule has 0 unspecified atom stereocenters. The largest absolute Gasteiger partial charge is 0.486 e. The summed E-state index contributed by atoms with van der Waals surface area (Å²) >= 11 is 3.46. The number of fused-ring (bicyclic) bond motifs is 1. The second-order valence-electron chi connectivity index (χ2n) is 6.62. The van der Waals surface area contributed by atoms with Crippen LogP contribution >= 0.6 is 15.9 Å². The standard InChI is InChI=1S/C20H19BrN2O4/c1-23(20(25)12-6-7-12)16-5-3-2-4-13(16)19(24)22-15-11-18-17(10-14(15)21)26-8-9-27-18/h2-5,10-12H,6-9H2,1H3,(H,22,24). The first-order valence-corrected chi connectivity index (χ1v) is 9.61. The highest BCUT2D eigenvalue weighted by molar-refractivity contribution is 9.10. The molecule has 1 aliphatic heterocycles. The first-order valence-electron chi connectivity index (χ1n) is 8.81. The maximum absolute atomic E-state index is 12.9. The summed E-state index contributed by atoms with van der Waals surface area (Å²) in [5.74, 6) is 1.07. The molecular weight excluding hydrogens is 412 g/mol. The highest BCUT2D eigenvalue weighted by Crippen LogP contribution is 2.38. The minimum absolute atomic E-state index is 0.0516. The minimum Gasteiger partial charge on any atom is -0.486 e. The van der Waals surface area contributed by atoms with Crippen molar-refractivity contribution in [3.8, 4) is 11.5 Å². The molecule has 0 bridgehead atoms. The normalized spacial score (nSPS) is 15.2. The van der Waals surface area contributed by atoms with Crippen molar-refractivity contribution in [1.29, 1.82) is 0 Å². The Morgan fingerprint density at radius 2 is 1.78 bits per heavy atom. The molecule has 2 aromatic carbocycles. The molecule has 0 spiro atoms. The molecule has 6 nitrogen and oxygen atoms in total. The number of halogens is 1. The van der Waals surface area contributed by atoms with Gasteiger partial charge in [0.05, 0.1) is 16.9 Å². The van der Waals surface area contributed by atoms with Crippen LogP contribution in [0, 0.1) is 5.92 Å². The Morgan fingerprint density at radius 1 is 1.11 bits per heavy atom. The summed E-state index contributed by atoms with van der Waals surface area (Å²) in [4.78, 5) is 26.9. The fourth-order valence-corrected chi connectivity index (χ4v) is 3.45. The van der Waals surface area contributed by atoms with E-state index in [-0.39, 0.29) is 17.7 Å². The van der Waals surface area contributed by atoms with Gasteiger partial charge in [-0.2, -0.15) is 0 Å². The molecule has 0 aromatic heterocycles. The number of nitrogens with one attached hydrogen (secondary N) is 1. The number of anilines is 2. The zero-order valence-corrected chi connectivity index (χ0v) is 16.4. The van der Waals surface area contributed by atoms with Gasteiger partial charge in [-0.05, 0) is 40.9 Å². The lowest BCUT2D eigenvalue weighted by Crippen LogP contribution is -2.30. The molecule has 1 heterocycles. The molecule has 1 aliphatic carbocycles. The van der Waals surface area contributed by atoms with Crippen molar-refractivity contribution < 1.29 is 19.1 Å². The van der Waals surface area contributed by atoms with Gasteiger partial charge in [-0.15, -0.1) is 0 Å². The van der Waals surface area contributed by atoms with Gasteiger partial charge in [-0.3, -0.25) is 9.59 Å². The third-order valence-corrected chi connectivity index (χ3v) is 5.30. The molecule has 140 valence electrons. The van der Waals surface area contributed by atoms with Crippen LogP contribution in [0.5, 0.6) is 11.5 Å². The van der Waals surface area contributed by atoms with E-state index in [4.69, 9.17) is 9.47 Å². The minimum atomic E-state index is -0.293. The monoisotopic (exact) mass is 430 g/mol. The molecule has 1 saturated carbocycles. The first-order chi connectivity index (χ1) is 13.0. The molecule has 1 fully saturated rings. The van der Waals surface area contributed by atoms with E-state index in [9.17, 15) is 9.59 Å². The van der Waals surface area contributed by atoms with Gasteiger partial charge >= 0.3 is 0 Å². The fraction of sp³-hybridized carbons (Fsp3) is 0.300. The predicted molar refractivity (Wildman–Crippen MR) is 106 cm³/mol. The van der Waals surface area contributed by atoms with Crippen molar-refractivity contribution in [3.05, 3.63) is 46.4 Å². The van der Waals surface area contributed by atoms with E-state index in [0.717, 1.165) is 12.8 Å². The summed E-state index contributed by atoms with van der Waals surface area (Å²) in [5.41, 5.74) is 1.62. The number of nitrogens with zero attached hydrogens (tertiary/aromatic N) is 1. The Bertz CT molecular complexity index is 911. The van der Waals surface area contributed by atoms with Gasteiger partial charge in [0.1, 0.15) is 13.2 Å². The first kappa shape index (κ1) is 17.9. The number of carbonyl (C=O) groups excluding carboxylic acids is 2. The van der Waals surface area contributed by atoms with Crippen LogP contribution in [0.4, 0.5) is 11.4 Å². The summed E-state index contributed by atoms with van der Waals surface area (Å²) in [6.07, 6.45) is 1.84. The van der Waals surface area contributed by atoms with Crippen molar-refractivity contribution in [2.24, 2.45) is 5.92 Å². The van der Waals surface area contributed by atoms with Crippen molar-refractivity contribution in [1.82, 2.24) is 0 Å². The van der Waals surface area contributed by atoms with Crippen molar-refractivity contribution in [2.45, 2.75) is 12.8 Å². The molecule has 4 rings (SSSR count). The smallest absolute Gasteiger partial charge is 0.257 e. The van der Waals surface area contributed by atoms with E-state index in [2.05, 4.69) is 21.2 Å². The van der Waals surface area contributed by atoms with E-state index in [1.807, 2.05) is 6.07 Å². The summed E-state index contributed by atoms with van der Waals surface area (Å²) in [6, 6.07) is 10.6. The predicted octanol–water partition coefficient (Wildman–Crippen LogP) is 3.85. The molecular formula is C20H19BrN2O4. The van der Waals surface area contributed by atoms with Crippen molar-refractivity contribution in [2.75, 3.05) is 30.5 Å². The third-order valence-electron chi connectivity index (χ3n) is 4.65. The molecule has 1 N–H and O–H groups in total. The average molecular weight is 431 g/mol. The second kappa shape index (κ2) is 7.23. The topological polar surface area (TPSA) is 67.9 Å². The van der Waals surface area contributed by atoms with Crippen LogP contribution in [0.3, 0.4) is 0 Å². The summed E-state index contributed by atoms with van der Waals surface area (Å²) in [5, 5.41) is 2.90. The average Bonchev–Trinajstić information content (AvgIpc) is 3.52. The van der Waals surface area contributed by atoms with E-state index in [0.29, 0.717) is 46.1 Å². The molecule has 27 heavy (non-hydrogen) atoms. The van der Waals surface area contributed by atoms with E-state index >= 15 is 0 Å². The van der Waals surface area contributed by atoms with Gasteiger partial charge in [0.25, 0.3) is 5.91 Å². The number of carbonyl (C=O) groups is 2. The van der Waals surface area contributed by atoms with Gasteiger partial charge in [0, 0.05) is 29.6 Å². The highest BCUT2D eigenvalue weighted by Gasteiger charge is 2.33. The molecule has 0 atom stereocenters. The van der Waals surface area contributed by atoms with Crippen LogP contribution in [0.2, 0.25) is 0 Å². The molecule has 2 aliphatic rings. The Morgan fingerprint density at radius 3 is 2.48 bits per heavy atom. The number of hydrogen-bond acceptors (Lipinski definition) is 4.